The van der Waals surface area contributed by atoms with Crippen LogP contribution in [0.1, 0.15) is 31.4 Å². The molecule has 2 amide bonds. The molecular formula is C14H19N3O2. The van der Waals surface area contributed by atoms with Crippen molar-refractivity contribution in [2.45, 2.75) is 39.3 Å². The average Bonchev–Trinajstić information content (AvgIpc) is 2.43. The van der Waals surface area contributed by atoms with Gasteiger partial charge in [0.05, 0.1) is 0 Å². The zero-order valence-electron chi connectivity index (χ0n) is 11.6. The fourth-order valence-corrected chi connectivity index (χ4v) is 2.22. The second kappa shape index (κ2) is 4.99. The molecule has 0 unspecified atom stereocenters. The highest BCUT2D eigenvalue weighted by Crippen LogP contribution is 2.17. The van der Waals surface area contributed by atoms with Gasteiger partial charge in [-0.2, -0.15) is 0 Å². The molecule has 0 atom stereocenters. The molecule has 0 aromatic carbocycles. The van der Waals surface area contributed by atoms with Crippen molar-refractivity contribution in [3.63, 3.8) is 0 Å². The van der Waals surface area contributed by atoms with Crippen molar-refractivity contribution in [1.29, 1.82) is 0 Å². The zero-order chi connectivity index (χ0) is 14.0. The Balaban J connectivity index is 2.22. The first kappa shape index (κ1) is 13.5. The third-order valence-corrected chi connectivity index (χ3v) is 3.39. The van der Waals surface area contributed by atoms with Crippen molar-refractivity contribution in [2.75, 3.05) is 6.54 Å². The summed E-state index contributed by atoms with van der Waals surface area (Å²) >= 11 is 0. The maximum Gasteiger partial charge on any atom is 0.248 e. The second-order valence-corrected chi connectivity index (χ2v) is 5.45. The lowest BCUT2D eigenvalue weighted by Crippen LogP contribution is -2.52. The number of amides is 2. The summed E-state index contributed by atoms with van der Waals surface area (Å²) in [7, 11) is 0. The summed E-state index contributed by atoms with van der Waals surface area (Å²) < 4.78 is 0. The van der Waals surface area contributed by atoms with Crippen molar-refractivity contribution in [3.8, 4) is 0 Å². The van der Waals surface area contributed by atoms with E-state index in [0.29, 0.717) is 19.5 Å². The monoisotopic (exact) mass is 261 g/mol. The minimum Gasteiger partial charge on any atom is -0.342 e. The number of pyridine rings is 1. The Morgan fingerprint density at radius 3 is 2.84 bits per heavy atom. The first-order valence-electron chi connectivity index (χ1n) is 6.40. The van der Waals surface area contributed by atoms with E-state index in [0.717, 1.165) is 11.1 Å². The largest absolute Gasteiger partial charge is 0.342 e. The minimum atomic E-state index is -0.844. The number of nitrogens with zero attached hydrogens (tertiary/aromatic N) is 2. The van der Waals surface area contributed by atoms with Crippen LogP contribution in [0.5, 0.6) is 0 Å². The van der Waals surface area contributed by atoms with Gasteiger partial charge in [-0.25, -0.2) is 0 Å². The molecule has 2 heterocycles. The van der Waals surface area contributed by atoms with Gasteiger partial charge < -0.3 is 10.2 Å². The molecule has 5 heteroatoms. The van der Waals surface area contributed by atoms with E-state index in [-0.39, 0.29) is 11.8 Å². The van der Waals surface area contributed by atoms with Gasteiger partial charge in [0.1, 0.15) is 5.54 Å². The Hall–Kier alpha value is -1.91. The van der Waals surface area contributed by atoms with Crippen molar-refractivity contribution >= 4 is 11.8 Å². The van der Waals surface area contributed by atoms with E-state index in [1.807, 2.05) is 13.0 Å². The molecule has 5 nitrogen and oxygen atoms in total. The summed E-state index contributed by atoms with van der Waals surface area (Å²) in [4.78, 5) is 29.8. The van der Waals surface area contributed by atoms with Gasteiger partial charge in [0.25, 0.3) is 0 Å². The Morgan fingerprint density at radius 1 is 1.42 bits per heavy atom. The molecule has 102 valence electrons. The summed E-state index contributed by atoms with van der Waals surface area (Å²) in [6.07, 6.45) is 3.85. The van der Waals surface area contributed by atoms with Crippen LogP contribution in [0.3, 0.4) is 0 Å². The van der Waals surface area contributed by atoms with Crippen LogP contribution in [0.25, 0.3) is 0 Å². The topological polar surface area (TPSA) is 62.3 Å². The van der Waals surface area contributed by atoms with Gasteiger partial charge in [0.2, 0.25) is 11.8 Å². The fourth-order valence-electron chi connectivity index (χ4n) is 2.22. The maximum absolute atomic E-state index is 12.4. The van der Waals surface area contributed by atoms with Crippen molar-refractivity contribution in [2.24, 2.45) is 0 Å². The van der Waals surface area contributed by atoms with Crippen LogP contribution in [0.4, 0.5) is 0 Å². The minimum absolute atomic E-state index is 0.0541. The van der Waals surface area contributed by atoms with Gasteiger partial charge in [-0.3, -0.25) is 14.6 Å². The molecule has 1 N–H and O–H groups in total. The average molecular weight is 261 g/mol. The molecular weight excluding hydrogens is 242 g/mol. The summed E-state index contributed by atoms with van der Waals surface area (Å²) in [6.45, 7) is 6.41. The summed E-state index contributed by atoms with van der Waals surface area (Å²) in [5.41, 5.74) is 1.27. The van der Waals surface area contributed by atoms with Crippen molar-refractivity contribution < 1.29 is 9.59 Å². The maximum atomic E-state index is 12.4. The predicted molar refractivity (Wildman–Crippen MR) is 71.2 cm³/mol. The number of hydrogen-bond donors (Lipinski definition) is 1. The highest BCUT2D eigenvalue weighted by atomic mass is 16.2. The quantitative estimate of drug-likeness (QED) is 0.864. The van der Waals surface area contributed by atoms with E-state index < -0.39 is 5.54 Å². The Labute approximate surface area is 113 Å². The van der Waals surface area contributed by atoms with Gasteiger partial charge >= 0.3 is 0 Å². The number of nitrogens with one attached hydrogen (secondary N) is 1. The van der Waals surface area contributed by atoms with Crippen LogP contribution < -0.4 is 5.32 Å². The smallest absolute Gasteiger partial charge is 0.248 e. The molecule has 0 bridgehead atoms. The summed E-state index contributed by atoms with van der Waals surface area (Å²) in [6, 6.07) is 1.92. The molecule has 1 aromatic rings. The van der Waals surface area contributed by atoms with Gasteiger partial charge in [-0.15, -0.1) is 0 Å². The highest BCUT2D eigenvalue weighted by molar-refractivity contribution is 5.92. The van der Waals surface area contributed by atoms with Gasteiger partial charge in [0, 0.05) is 31.9 Å². The molecule has 0 aliphatic carbocycles. The van der Waals surface area contributed by atoms with E-state index in [1.165, 1.54) is 0 Å². The first-order valence-corrected chi connectivity index (χ1v) is 6.40. The van der Waals surface area contributed by atoms with Gasteiger partial charge in [-0.05, 0) is 38.0 Å². The molecule has 2 rings (SSSR count). The predicted octanol–water partition coefficient (Wildman–Crippen LogP) is 1.02. The van der Waals surface area contributed by atoms with E-state index in [4.69, 9.17) is 0 Å². The van der Waals surface area contributed by atoms with E-state index >= 15 is 0 Å². The van der Waals surface area contributed by atoms with Crippen LogP contribution in [-0.4, -0.2) is 33.8 Å². The molecule has 1 fully saturated rings. The molecule has 19 heavy (non-hydrogen) atoms. The summed E-state index contributed by atoms with van der Waals surface area (Å²) in [5, 5.41) is 2.75. The Bertz CT molecular complexity index is 511. The lowest BCUT2D eigenvalue weighted by Gasteiger charge is -2.29. The number of hydrogen-bond acceptors (Lipinski definition) is 3. The number of aryl methyl sites for hydroxylation is 1. The number of aromatic nitrogens is 1. The number of rotatable bonds is 2. The fraction of sp³-hybridized carbons (Fsp3) is 0.500. The Morgan fingerprint density at radius 2 is 2.16 bits per heavy atom. The van der Waals surface area contributed by atoms with Crippen molar-refractivity contribution in [3.05, 3.63) is 29.6 Å². The number of carbonyl (C=O) groups excluding carboxylic acids is 2. The first-order chi connectivity index (χ1) is 8.90. The van der Waals surface area contributed by atoms with Crippen LogP contribution >= 0.6 is 0 Å². The van der Waals surface area contributed by atoms with Crippen LogP contribution in [0, 0.1) is 6.92 Å². The molecule has 1 aliphatic heterocycles. The number of carbonyl (C=O) groups is 2. The van der Waals surface area contributed by atoms with Gasteiger partial charge in [-0.1, -0.05) is 0 Å². The molecule has 1 aliphatic rings. The SMILES string of the molecule is Cc1ccncc1CN1CCC(=O)NC(C)(C)C1=O. The van der Waals surface area contributed by atoms with E-state index in [2.05, 4.69) is 10.3 Å². The second-order valence-electron chi connectivity index (χ2n) is 5.45. The van der Waals surface area contributed by atoms with Crippen LogP contribution in [0.15, 0.2) is 18.5 Å². The lowest BCUT2D eigenvalue weighted by molar-refractivity contribution is -0.137. The molecule has 0 saturated carbocycles. The van der Waals surface area contributed by atoms with Crippen LogP contribution in [0.2, 0.25) is 0 Å². The molecule has 0 spiro atoms. The van der Waals surface area contributed by atoms with Gasteiger partial charge in [0.15, 0.2) is 0 Å². The van der Waals surface area contributed by atoms with Crippen molar-refractivity contribution in [1.82, 2.24) is 15.2 Å². The normalized spacial score (nSPS) is 19.0. The standard InChI is InChI=1S/C14H19N3O2/c1-10-4-6-15-8-11(10)9-17-7-5-12(18)16-14(2,3)13(17)19/h4,6,8H,5,7,9H2,1-3H3,(H,16,18). The molecule has 1 aromatic heterocycles. The Kier molecular flexibility index (Phi) is 3.55. The molecule has 0 radical (unpaired) electrons. The summed E-state index contributed by atoms with van der Waals surface area (Å²) in [5.74, 6) is -0.134. The zero-order valence-corrected chi connectivity index (χ0v) is 11.6. The molecule has 1 saturated heterocycles. The van der Waals surface area contributed by atoms with Crippen LogP contribution in [-0.2, 0) is 16.1 Å². The lowest BCUT2D eigenvalue weighted by atomic mass is 10.0. The highest BCUT2D eigenvalue weighted by Gasteiger charge is 2.36. The third kappa shape index (κ3) is 2.92. The van der Waals surface area contributed by atoms with E-state index in [9.17, 15) is 9.59 Å². The van der Waals surface area contributed by atoms with E-state index in [1.54, 1.807) is 31.1 Å². The third-order valence-electron chi connectivity index (χ3n) is 3.39.